The first-order valence-electron chi connectivity index (χ1n) is 9.36. The van der Waals surface area contributed by atoms with Crippen LogP contribution in [0.2, 0.25) is 0 Å². The molecule has 29 heavy (non-hydrogen) atoms. The van der Waals surface area contributed by atoms with Crippen LogP contribution >= 0.6 is 0 Å². The second-order valence-corrected chi connectivity index (χ2v) is 6.48. The maximum Gasteiger partial charge on any atom is 0.236 e. The first kappa shape index (κ1) is 20.3. The van der Waals surface area contributed by atoms with Crippen molar-refractivity contribution >= 4 is 11.6 Å². The summed E-state index contributed by atoms with van der Waals surface area (Å²) in [7, 11) is 3.25. The monoisotopic (exact) mass is 391 g/mol. The van der Waals surface area contributed by atoms with Gasteiger partial charge in [0.1, 0.15) is 11.5 Å². The fourth-order valence-electron chi connectivity index (χ4n) is 2.74. The molecule has 0 aliphatic heterocycles. The molecule has 0 saturated carbocycles. The molecule has 0 aliphatic rings. The van der Waals surface area contributed by atoms with E-state index in [0.29, 0.717) is 23.1 Å². The number of nitrogens with zero attached hydrogens (tertiary/aromatic N) is 1. The lowest BCUT2D eigenvalue weighted by Gasteiger charge is -2.19. The van der Waals surface area contributed by atoms with Crippen LogP contribution in [0.3, 0.4) is 0 Å². The van der Waals surface area contributed by atoms with E-state index in [1.165, 1.54) is 0 Å². The van der Waals surface area contributed by atoms with Crippen molar-refractivity contribution in [3.8, 4) is 23.0 Å². The minimum atomic E-state index is -0.450. The Bertz CT molecular complexity index is 967. The third-order valence-corrected chi connectivity index (χ3v) is 4.24. The van der Waals surface area contributed by atoms with Crippen LogP contribution in [-0.4, -0.2) is 26.2 Å². The van der Waals surface area contributed by atoms with Gasteiger partial charge in [-0.3, -0.25) is 0 Å². The van der Waals surface area contributed by atoms with Crippen molar-refractivity contribution in [2.45, 2.75) is 20.0 Å². The number of para-hydroxylation sites is 2. The standard InChI is InChI=1S/C24H25NO4/c1-17-8-7-9-21(16-17)29-24(25-19-12-14-20(26-3)15-13-19)18(2)28-23-11-6-5-10-22(23)27-4/h5-16,18H,1-4H3. The lowest BCUT2D eigenvalue weighted by Crippen LogP contribution is -2.29. The zero-order chi connectivity index (χ0) is 20.6. The zero-order valence-electron chi connectivity index (χ0n) is 17.1. The lowest BCUT2D eigenvalue weighted by atomic mass is 10.2. The van der Waals surface area contributed by atoms with Gasteiger partial charge in [-0.05, 0) is 67.9 Å². The van der Waals surface area contributed by atoms with Crippen LogP contribution in [-0.2, 0) is 0 Å². The smallest absolute Gasteiger partial charge is 0.236 e. The summed E-state index contributed by atoms with van der Waals surface area (Å²) in [6, 6.07) is 22.8. The van der Waals surface area contributed by atoms with Gasteiger partial charge < -0.3 is 18.9 Å². The molecule has 0 aromatic heterocycles. The predicted molar refractivity (Wildman–Crippen MR) is 115 cm³/mol. The second-order valence-electron chi connectivity index (χ2n) is 6.48. The third kappa shape index (κ3) is 5.51. The summed E-state index contributed by atoms with van der Waals surface area (Å²) in [5.74, 6) is 3.18. The summed E-state index contributed by atoms with van der Waals surface area (Å²) in [5.41, 5.74) is 1.84. The van der Waals surface area contributed by atoms with E-state index in [2.05, 4.69) is 4.99 Å². The number of rotatable bonds is 7. The molecule has 0 aliphatic carbocycles. The summed E-state index contributed by atoms with van der Waals surface area (Å²) >= 11 is 0. The Hall–Kier alpha value is -3.47. The highest BCUT2D eigenvalue weighted by atomic mass is 16.6. The maximum atomic E-state index is 6.12. The first-order chi connectivity index (χ1) is 14.1. The van der Waals surface area contributed by atoms with Gasteiger partial charge in [0.25, 0.3) is 0 Å². The molecule has 1 unspecified atom stereocenters. The number of methoxy groups -OCH3 is 2. The molecule has 5 heteroatoms. The van der Waals surface area contributed by atoms with E-state index in [-0.39, 0.29) is 0 Å². The van der Waals surface area contributed by atoms with E-state index in [9.17, 15) is 0 Å². The fraction of sp³-hybridized carbons (Fsp3) is 0.208. The van der Waals surface area contributed by atoms with Gasteiger partial charge >= 0.3 is 0 Å². The van der Waals surface area contributed by atoms with E-state index < -0.39 is 6.10 Å². The normalized spacial score (nSPS) is 12.2. The SMILES string of the molecule is COc1ccc(N=C(Oc2cccc(C)c2)C(C)Oc2ccccc2OC)cc1. The molecule has 0 saturated heterocycles. The van der Waals surface area contributed by atoms with Gasteiger partial charge in [0.2, 0.25) is 5.90 Å². The lowest BCUT2D eigenvalue weighted by molar-refractivity contribution is 0.249. The molecule has 3 aromatic carbocycles. The average Bonchev–Trinajstić information content (AvgIpc) is 2.74. The molecule has 1 atom stereocenters. The van der Waals surface area contributed by atoms with Crippen molar-refractivity contribution in [1.29, 1.82) is 0 Å². The number of hydrogen-bond donors (Lipinski definition) is 0. The number of benzene rings is 3. The van der Waals surface area contributed by atoms with E-state index in [1.54, 1.807) is 14.2 Å². The molecule has 0 N–H and O–H groups in total. The molecule has 0 heterocycles. The second kappa shape index (κ2) is 9.64. The number of hydrogen-bond acceptors (Lipinski definition) is 5. The Labute approximate surface area is 171 Å². The van der Waals surface area contributed by atoms with Crippen molar-refractivity contribution in [1.82, 2.24) is 0 Å². The molecule has 150 valence electrons. The van der Waals surface area contributed by atoms with Gasteiger partial charge in [-0.2, -0.15) is 0 Å². The van der Waals surface area contributed by atoms with Crippen molar-refractivity contribution in [3.63, 3.8) is 0 Å². The van der Waals surface area contributed by atoms with E-state index >= 15 is 0 Å². The van der Waals surface area contributed by atoms with Gasteiger partial charge in [0.05, 0.1) is 19.9 Å². The Balaban J connectivity index is 1.91. The predicted octanol–water partition coefficient (Wildman–Crippen LogP) is 5.59. The largest absolute Gasteiger partial charge is 0.497 e. The number of aryl methyl sites for hydroxylation is 1. The quantitative estimate of drug-likeness (QED) is 0.389. The molecule has 0 fully saturated rings. The van der Waals surface area contributed by atoms with Crippen LogP contribution in [0.5, 0.6) is 23.0 Å². The summed E-state index contributed by atoms with van der Waals surface area (Å²) in [6.45, 7) is 3.91. The highest BCUT2D eigenvalue weighted by Gasteiger charge is 2.18. The topological polar surface area (TPSA) is 49.3 Å². The highest BCUT2D eigenvalue weighted by Crippen LogP contribution is 2.28. The van der Waals surface area contributed by atoms with Crippen molar-refractivity contribution in [2.24, 2.45) is 4.99 Å². The van der Waals surface area contributed by atoms with Crippen LogP contribution in [0.15, 0.2) is 77.8 Å². The molecule has 3 aromatic rings. The van der Waals surface area contributed by atoms with Crippen LogP contribution in [0.1, 0.15) is 12.5 Å². The van der Waals surface area contributed by atoms with Gasteiger partial charge in [-0.15, -0.1) is 0 Å². The highest BCUT2D eigenvalue weighted by molar-refractivity contribution is 5.85. The Morgan fingerprint density at radius 2 is 1.52 bits per heavy atom. The van der Waals surface area contributed by atoms with E-state index in [4.69, 9.17) is 18.9 Å². The first-order valence-corrected chi connectivity index (χ1v) is 9.36. The molecule has 3 rings (SSSR count). The van der Waals surface area contributed by atoms with E-state index in [0.717, 1.165) is 17.0 Å². The Morgan fingerprint density at radius 3 is 2.17 bits per heavy atom. The fourth-order valence-corrected chi connectivity index (χ4v) is 2.74. The Kier molecular flexibility index (Phi) is 6.74. The van der Waals surface area contributed by atoms with Crippen molar-refractivity contribution in [3.05, 3.63) is 78.4 Å². The molecular formula is C24H25NO4. The summed E-state index contributed by atoms with van der Waals surface area (Å²) in [6.07, 6.45) is -0.450. The molecular weight excluding hydrogens is 366 g/mol. The Morgan fingerprint density at radius 1 is 0.793 bits per heavy atom. The van der Waals surface area contributed by atoms with Crippen LogP contribution in [0, 0.1) is 6.92 Å². The third-order valence-electron chi connectivity index (χ3n) is 4.24. The molecule has 0 bridgehead atoms. The minimum Gasteiger partial charge on any atom is -0.497 e. The number of aliphatic imine (C=N–C) groups is 1. The average molecular weight is 391 g/mol. The van der Waals surface area contributed by atoms with E-state index in [1.807, 2.05) is 86.6 Å². The van der Waals surface area contributed by atoms with Crippen LogP contribution in [0.4, 0.5) is 5.69 Å². The van der Waals surface area contributed by atoms with Crippen LogP contribution < -0.4 is 18.9 Å². The molecule has 5 nitrogen and oxygen atoms in total. The summed E-state index contributed by atoms with van der Waals surface area (Å²) < 4.78 is 22.8. The van der Waals surface area contributed by atoms with Gasteiger partial charge in [0.15, 0.2) is 17.6 Å². The summed E-state index contributed by atoms with van der Waals surface area (Å²) in [4.78, 5) is 4.68. The summed E-state index contributed by atoms with van der Waals surface area (Å²) in [5, 5.41) is 0. The minimum absolute atomic E-state index is 0.437. The van der Waals surface area contributed by atoms with Crippen molar-refractivity contribution < 1.29 is 18.9 Å². The van der Waals surface area contributed by atoms with Gasteiger partial charge in [0, 0.05) is 0 Å². The van der Waals surface area contributed by atoms with Crippen molar-refractivity contribution in [2.75, 3.05) is 14.2 Å². The van der Waals surface area contributed by atoms with Crippen LogP contribution in [0.25, 0.3) is 0 Å². The molecule has 0 amide bonds. The zero-order valence-corrected chi connectivity index (χ0v) is 17.1. The molecule has 0 radical (unpaired) electrons. The number of ether oxygens (including phenoxy) is 4. The van der Waals surface area contributed by atoms with Gasteiger partial charge in [-0.1, -0.05) is 24.3 Å². The maximum absolute atomic E-state index is 6.12. The van der Waals surface area contributed by atoms with Gasteiger partial charge in [-0.25, -0.2) is 4.99 Å². The molecule has 0 spiro atoms.